The van der Waals surface area contributed by atoms with Crippen LogP contribution in [0.3, 0.4) is 0 Å². The number of pyridine rings is 1. The highest BCUT2D eigenvalue weighted by Crippen LogP contribution is 2.35. The zero-order valence-corrected chi connectivity index (χ0v) is 8.27. The van der Waals surface area contributed by atoms with E-state index in [1.807, 2.05) is 0 Å². The second-order valence-electron chi connectivity index (χ2n) is 3.43. The van der Waals surface area contributed by atoms with E-state index in [4.69, 9.17) is 0 Å². The highest BCUT2D eigenvalue weighted by molar-refractivity contribution is 5.81. The van der Waals surface area contributed by atoms with Crippen molar-refractivity contribution in [3.05, 3.63) is 41.3 Å². The highest BCUT2D eigenvalue weighted by atomic mass is 19.4. The van der Waals surface area contributed by atoms with Gasteiger partial charge in [0.1, 0.15) is 5.82 Å². The van der Waals surface area contributed by atoms with Crippen LogP contribution in [-0.2, 0) is 6.18 Å². The van der Waals surface area contributed by atoms with Crippen molar-refractivity contribution in [1.29, 1.82) is 0 Å². The Morgan fingerprint density at radius 1 is 1.25 bits per heavy atom. The van der Waals surface area contributed by atoms with E-state index in [0.717, 1.165) is 13.0 Å². The monoisotopic (exact) mass is 229 g/mol. The lowest BCUT2D eigenvalue weighted by atomic mass is 10.0. The minimum absolute atomic E-state index is 0.0120. The minimum atomic E-state index is -4.56. The molecule has 0 spiro atoms. The minimum Gasteiger partial charge on any atom is -0.256 e. The van der Waals surface area contributed by atoms with Gasteiger partial charge in [0.2, 0.25) is 0 Å². The van der Waals surface area contributed by atoms with Crippen LogP contribution in [-0.4, -0.2) is 4.98 Å². The van der Waals surface area contributed by atoms with Crippen LogP contribution in [0, 0.1) is 12.7 Å². The largest absolute Gasteiger partial charge is 0.416 e. The molecule has 0 amide bonds. The number of rotatable bonds is 0. The number of nitrogens with zero attached hydrogens (tertiary/aromatic N) is 1. The van der Waals surface area contributed by atoms with E-state index < -0.39 is 23.1 Å². The summed E-state index contributed by atoms with van der Waals surface area (Å²) >= 11 is 0. The summed E-state index contributed by atoms with van der Waals surface area (Å²) in [4.78, 5) is 3.72. The van der Waals surface area contributed by atoms with Crippen molar-refractivity contribution in [2.75, 3.05) is 0 Å². The molecule has 1 aromatic carbocycles. The molecule has 0 aliphatic rings. The first kappa shape index (κ1) is 10.9. The van der Waals surface area contributed by atoms with Crippen molar-refractivity contribution in [2.24, 2.45) is 0 Å². The molecule has 0 fully saturated rings. The molecule has 0 saturated carbocycles. The summed E-state index contributed by atoms with van der Waals surface area (Å²) < 4.78 is 51.3. The second-order valence-corrected chi connectivity index (χ2v) is 3.43. The summed E-state index contributed by atoms with van der Waals surface area (Å²) in [5.74, 6) is -0.863. The van der Waals surface area contributed by atoms with Gasteiger partial charge >= 0.3 is 6.18 Å². The molecule has 0 N–H and O–H groups in total. The molecule has 1 nitrogen and oxygen atoms in total. The van der Waals surface area contributed by atoms with Crippen LogP contribution >= 0.6 is 0 Å². The van der Waals surface area contributed by atoms with Gasteiger partial charge in [-0.05, 0) is 30.7 Å². The summed E-state index contributed by atoms with van der Waals surface area (Å²) in [6.45, 7) is 1.12. The van der Waals surface area contributed by atoms with Crippen LogP contribution < -0.4 is 0 Å². The maximum atomic E-state index is 13.6. The van der Waals surface area contributed by atoms with Crippen molar-refractivity contribution in [3.8, 4) is 0 Å². The fourth-order valence-electron chi connectivity index (χ4n) is 1.58. The molecule has 0 aliphatic carbocycles. The second kappa shape index (κ2) is 3.43. The highest BCUT2D eigenvalue weighted by Gasteiger charge is 2.34. The first-order valence-electron chi connectivity index (χ1n) is 4.52. The number of benzene rings is 1. The molecular formula is C11H7F4N. The van der Waals surface area contributed by atoms with Gasteiger partial charge < -0.3 is 0 Å². The Bertz CT molecular complexity index is 545. The topological polar surface area (TPSA) is 12.9 Å². The predicted octanol–water partition coefficient (Wildman–Crippen LogP) is 3.70. The van der Waals surface area contributed by atoms with Crippen molar-refractivity contribution in [1.82, 2.24) is 4.98 Å². The number of fused-ring (bicyclic) bond motifs is 1. The van der Waals surface area contributed by atoms with Gasteiger partial charge in [0.05, 0.1) is 11.1 Å². The summed E-state index contributed by atoms with van der Waals surface area (Å²) in [6, 6.07) is 3.76. The summed E-state index contributed by atoms with van der Waals surface area (Å²) in [6.07, 6.45) is -3.23. The van der Waals surface area contributed by atoms with E-state index in [2.05, 4.69) is 4.98 Å². The van der Waals surface area contributed by atoms with Crippen molar-refractivity contribution in [3.63, 3.8) is 0 Å². The van der Waals surface area contributed by atoms with Gasteiger partial charge in [-0.3, -0.25) is 4.98 Å². The zero-order chi connectivity index (χ0) is 11.9. The van der Waals surface area contributed by atoms with E-state index in [0.29, 0.717) is 0 Å². The Labute approximate surface area is 88.7 Å². The average molecular weight is 229 g/mol. The smallest absolute Gasteiger partial charge is 0.256 e. The summed E-state index contributed by atoms with van der Waals surface area (Å²) in [5, 5.41) is 0.105. The van der Waals surface area contributed by atoms with E-state index >= 15 is 0 Å². The van der Waals surface area contributed by atoms with E-state index in [9.17, 15) is 17.6 Å². The molecule has 0 aliphatic heterocycles. The molecule has 16 heavy (non-hydrogen) atoms. The first-order chi connectivity index (χ1) is 7.41. The fourth-order valence-corrected chi connectivity index (χ4v) is 1.58. The number of alkyl halides is 3. The standard InChI is InChI=1S/C11H7F4N/c1-6-8(11(13,14)15)5-9-7(10(6)12)3-2-4-16-9/h2-5H,1H3. The number of aromatic nitrogens is 1. The average Bonchev–Trinajstić information content (AvgIpc) is 2.22. The number of hydrogen-bond donors (Lipinski definition) is 0. The Balaban J connectivity index is 2.84. The summed E-state index contributed by atoms with van der Waals surface area (Å²) in [5.41, 5.74) is -1.36. The molecule has 1 aromatic heterocycles. The van der Waals surface area contributed by atoms with E-state index in [1.165, 1.54) is 18.3 Å². The van der Waals surface area contributed by atoms with Crippen LogP contribution in [0.5, 0.6) is 0 Å². The molecule has 5 heteroatoms. The third-order valence-electron chi connectivity index (χ3n) is 2.39. The van der Waals surface area contributed by atoms with Crippen LogP contribution in [0.15, 0.2) is 24.4 Å². The number of hydrogen-bond acceptors (Lipinski definition) is 1. The van der Waals surface area contributed by atoms with Gasteiger partial charge in [0.25, 0.3) is 0 Å². The maximum Gasteiger partial charge on any atom is 0.416 e. The fraction of sp³-hybridized carbons (Fsp3) is 0.182. The lowest BCUT2D eigenvalue weighted by Gasteiger charge is -2.12. The number of halogens is 4. The molecule has 2 aromatic rings. The molecule has 0 unspecified atom stereocenters. The van der Waals surface area contributed by atoms with E-state index in [-0.39, 0.29) is 10.9 Å². The SMILES string of the molecule is Cc1c(C(F)(F)F)cc2ncccc2c1F. The van der Waals surface area contributed by atoms with Crippen molar-refractivity contribution >= 4 is 10.9 Å². The van der Waals surface area contributed by atoms with Gasteiger partial charge in [-0.15, -0.1) is 0 Å². The first-order valence-corrected chi connectivity index (χ1v) is 4.52. The van der Waals surface area contributed by atoms with Gasteiger partial charge in [-0.1, -0.05) is 0 Å². The van der Waals surface area contributed by atoms with Crippen LogP contribution in [0.25, 0.3) is 10.9 Å². The van der Waals surface area contributed by atoms with Gasteiger partial charge in [-0.2, -0.15) is 13.2 Å². The molecule has 2 rings (SSSR count). The zero-order valence-electron chi connectivity index (χ0n) is 8.27. The molecular weight excluding hydrogens is 222 g/mol. The van der Waals surface area contributed by atoms with E-state index in [1.54, 1.807) is 0 Å². The lowest BCUT2D eigenvalue weighted by molar-refractivity contribution is -0.138. The molecule has 0 saturated heterocycles. The van der Waals surface area contributed by atoms with Gasteiger partial charge in [0, 0.05) is 11.6 Å². The molecule has 1 heterocycles. The quantitative estimate of drug-likeness (QED) is 0.627. The normalized spacial score (nSPS) is 12.1. The molecule has 0 bridgehead atoms. The van der Waals surface area contributed by atoms with Gasteiger partial charge in [-0.25, -0.2) is 4.39 Å². The summed E-state index contributed by atoms with van der Waals surface area (Å²) in [7, 11) is 0. The molecule has 0 atom stereocenters. The third kappa shape index (κ3) is 1.62. The van der Waals surface area contributed by atoms with Crippen LogP contribution in [0.4, 0.5) is 17.6 Å². The molecule has 0 radical (unpaired) electrons. The van der Waals surface area contributed by atoms with Crippen LogP contribution in [0.1, 0.15) is 11.1 Å². The molecule has 84 valence electrons. The Morgan fingerprint density at radius 2 is 1.94 bits per heavy atom. The Hall–Kier alpha value is -1.65. The van der Waals surface area contributed by atoms with Crippen molar-refractivity contribution < 1.29 is 17.6 Å². The lowest BCUT2D eigenvalue weighted by Crippen LogP contribution is -2.09. The van der Waals surface area contributed by atoms with Gasteiger partial charge in [0.15, 0.2) is 0 Å². The van der Waals surface area contributed by atoms with Crippen molar-refractivity contribution in [2.45, 2.75) is 13.1 Å². The predicted molar refractivity (Wildman–Crippen MR) is 51.4 cm³/mol. The van der Waals surface area contributed by atoms with Crippen LogP contribution in [0.2, 0.25) is 0 Å². The Morgan fingerprint density at radius 3 is 2.56 bits per heavy atom. The Kier molecular flexibility index (Phi) is 2.33. The maximum absolute atomic E-state index is 13.6. The third-order valence-corrected chi connectivity index (χ3v) is 2.39.